The number of hydrogen-bond acceptors (Lipinski definition) is 5. The summed E-state index contributed by atoms with van der Waals surface area (Å²) in [5.74, 6) is -0.670. The van der Waals surface area contributed by atoms with Gasteiger partial charge in [0, 0.05) is 12.8 Å². The minimum absolute atomic E-state index is 0.147. The number of nitrogens with two attached hydrogens (primary N) is 1. The summed E-state index contributed by atoms with van der Waals surface area (Å²) in [5, 5.41) is 2.66. The van der Waals surface area contributed by atoms with E-state index in [-0.39, 0.29) is 24.9 Å². The molecule has 1 rings (SSSR count). The Hall–Kier alpha value is -1.92. The van der Waals surface area contributed by atoms with Crippen LogP contribution in [0.15, 0.2) is 24.3 Å². The van der Waals surface area contributed by atoms with E-state index >= 15 is 0 Å². The van der Waals surface area contributed by atoms with Gasteiger partial charge in [-0.2, -0.15) is 0 Å². The third-order valence-corrected chi connectivity index (χ3v) is 2.45. The molecular formula is C13H18N2O4. The van der Waals surface area contributed by atoms with Crippen LogP contribution in [0, 0.1) is 0 Å². The molecule has 3 N–H and O–H groups in total. The maximum atomic E-state index is 11.7. The van der Waals surface area contributed by atoms with Gasteiger partial charge in [-0.3, -0.25) is 9.59 Å². The molecule has 1 aromatic carbocycles. The van der Waals surface area contributed by atoms with Gasteiger partial charge >= 0.3 is 5.97 Å². The van der Waals surface area contributed by atoms with Crippen LogP contribution >= 0.6 is 0 Å². The fourth-order valence-corrected chi connectivity index (χ4v) is 1.49. The minimum Gasteiger partial charge on any atom is -0.469 e. The summed E-state index contributed by atoms with van der Waals surface area (Å²) in [6.45, 7) is 0.147. The summed E-state index contributed by atoms with van der Waals surface area (Å²) < 4.78 is 9.39. The zero-order chi connectivity index (χ0) is 14.3. The zero-order valence-corrected chi connectivity index (χ0v) is 11.0. The first-order valence-corrected chi connectivity index (χ1v) is 5.78. The molecule has 0 radical (unpaired) electrons. The third-order valence-electron chi connectivity index (χ3n) is 2.45. The number of esters is 1. The van der Waals surface area contributed by atoms with Gasteiger partial charge in [-0.25, -0.2) is 0 Å². The predicted octanol–water partition coefficient (Wildman–Crippen LogP) is 0.314. The van der Waals surface area contributed by atoms with Crippen molar-refractivity contribution >= 4 is 17.6 Å². The first-order chi connectivity index (χ1) is 9.06. The van der Waals surface area contributed by atoms with Crippen LogP contribution in [0.5, 0.6) is 0 Å². The van der Waals surface area contributed by atoms with E-state index in [1.807, 2.05) is 0 Å². The predicted molar refractivity (Wildman–Crippen MR) is 70.6 cm³/mol. The van der Waals surface area contributed by atoms with Crippen LogP contribution in [0.2, 0.25) is 0 Å². The number of anilines is 1. The smallest absolute Gasteiger partial charge is 0.309 e. The van der Waals surface area contributed by atoms with Gasteiger partial charge in [0.1, 0.15) is 6.04 Å². The van der Waals surface area contributed by atoms with Crippen molar-refractivity contribution in [1.82, 2.24) is 0 Å². The average Bonchev–Trinajstić information content (AvgIpc) is 2.39. The number of amides is 1. The van der Waals surface area contributed by atoms with Gasteiger partial charge in [-0.05, 0) is 17.7 Å². The molecule has 1 aromatic rings. The van der Waals surface area contributed by atoms with Crippen molar-refractivity contribution in [2.45, 2.75) is 12.5 Å². The lowest BCUT2D eigenvalue weighted by Crippen LogP contribution is -2.39. The minimum atomic E-state index is -0.728. The topological polar surface area (TPSA) is 90.6 Å². The van der Waals surface area contributed by atoms with E-state index in [2.05, 4.69) is 10.1 Å². The highest BCUT2D eigenvalue weighted by Crippen LogP contribution is 2.12. The standard InChI is InChI=1S/C13H18N2O4/c1-18-8-11(14)13(17)15-10-5-3-4-9(6-10)7-12(16)19-2/h3-6,11H,7-8,14H2,1-2H3,(H,15,17). The average molecular weight is 266 g/mol. The van der Waals surface area contributed by atoms with Crippen molar-refractivity contribution in [3.05, 3.63) is 29.8 Å². The van der Waals surface area contributed by atoms with E-state index < -0.39 is 6.04 Å². The second kappa shape index (κ2) is 7.50. The normalized spacial score (nSPS) is 11.7. The van der Waals surface area contributed by atoms with Gasteiger partial charge in [-0.1, -0.05) is 12.1 Å². The molecule has 0 aliphatic rings. The van der Waals surface area contributed by atoms with Crippen molar-refractivity contribution in [2.75, 3.05) is 26.1 Å². The maximum Gasteiger partial charge on any atom is 0.309 e. The van der Waals surface area contributed by atoms with Crippen LogP contribution < -0.4 is 11.1 Å². The Labute approximate surface area is 111 Å². The molecule has 0 spiro atoms. The summed E-state index contributed by atoms with van der Waals surface area (Å²) in [4.78, 5) is 22.8. The van der Waals surface area contributed by atoms with E-state index in [9.17, 15) is 9.59 Å². The van der Waals surface area contributed by atoms with Crippen LogP contribution in [0.25, 0.3) is 0 Å². The van der Waals surface area contributed by atoms with Crippen LogP contribution in [0.3, 0.4) is 0 Å². The van der Waals surface area contributed by atoms with Gasteiger partial charge in [0.05, 0.1) is 20.1 Å². The van der Waals surface area contributed by atoms with Gasteiger partial charge in [0.15, 0.2) is 0 Å². The van der Waals surface area contributed by atoms with Crippen molar-refractivity contribution in [3.63, 3.8) is 0 Å². The van der Waals surface area contributed by atoms with Crippen molar-refractivity contribution in [1.29, 1.82) is 0 Å². The first kappa shape index (κ1) is 15.1. The molecule has 0 aliphatic heterocycles. The Kier molecular flexibility index (Phi) is 5.98. The first-order valence-electron chi connectivity index (χ1n) is 5.78. The lowest BCUT2D eigenvalue weighted by atomic mass is 10.1. The van der Waals surface area contributed by atoms with E-state index in [4.69, 9.17) is 10.5 Å². The quantitative estimate of drug-likeness (QED) is 0.723. The molecule has 0 fully saturated rings. The zero-order valence-electron chi connectivity index (χ0n) is 11.0. The highest BCUT2D eigenvalue weighted by molar-refractivity contribution is 5.94. The van der Waals surface area contributed by atoms with Gasteiger partial charge < -0.3 is 20.5 Å². The molecule has 0 aliphatic carbocycles. The molecule has 1 amide bonds. The summed E-state index contributed by atoms with van der Waals surface area (Å²) in [7, 11) is 2.81. The monoisotopic (exact) mass is 266 g/mol. The van der Waals surface area contributed by atoms with Crippen LogP contribution in [-0.4, -0.2) is 38.7 Å². The van der Waals surface area contributed by atoms with Gasteiger partial charge in [-0.15, -0.1) is 0 Å². The largest absolute Gasteiger partial charge is 0.469 e. The highest BCUT2D eigenvalue weighted by Gasteiger charge is 2.13. The van der Waals surface area contributed by atoms with E-state index in [0.29, 0.717) is 5.69 Å². The Balaban J connectivity index is 2.66. The fourth-order valence-electron chi connectivity index (χ4n) is 1.49. The summed E-state index contributed by atoms with van der Waals surface area (Å²) in [5.41, 5.74) is 6.94. The Bertz CT molecular complexity index is 448. The van der Waals surface area contributed by atoms with Crippen LogP contribution in [-0.2, 0) is 25.5 Å². The number of carbonyl (C=O) groups excluding carboxylic acids is 2. The number of methoxy groups -OCH3 is 2. The van der Waals surface area contributed by atoms with Crippen LogP contribution in [0.1, 0.15) is 5.56 Å². The molecule has 1 atom stereocenters. The van der Waals surface area contributed by atoms with Crippen molar-refractivity contribution in [2.24, 2.45) is 5.73 Å². The summed E-state index contributed by atoms with van der Waals surface area (Å²) >= 11 is 0. The molecule has 0 aromatic heterocycles. The number of carbonyl (C=O) groups is 2. The van der Waals surface area contributed by atoms with E-state index in [1.165, 1.54) is 14.2 Å². The van der Waals surface area contributed by atoms with Crippen LogP contribution in [0.4, 0.5) is 5.69 Å². The molecule has 0 heterocycles. The molecule has 104 valence electrons. The van der Waals surface area contributed by atoms with E-state index in [0.717, 1.165) is 5.56 Å². The number of rotatable bonds is 6. The molecular weight excluding hydrogens is 248 g/mol. The highest BCUT2D eigenvalue weighted by atomic mass is 16.5. The lowest BCUT2D eigenvalue weighted by molar-refractivity contribution is -0.139. The summed E-state index contributed by atoms with van der Waals surface area (Å²) in [6, 6.07) is 6.22. The maximum absolute atomic E-state index is 11.7. The number of ether oxygens (including phenoxy) is 2. The summed E-state index contributed by atoms with van der Waals surface area (Å²) in [6.07, 6.45) is 0.157. The second-order valence-corrected chi connectivity index (χ2v) is 4.00. The Morgan fingerprint density at radius 1 is 1.37 bits per heavy atom. The lowest BCUT2D eigenvalue weighted by Gasteiger charge is -2.11. The fraction of sp³-hybridized carbons (Fsp3) is 0.385. The molecule has 19 heavy (non-hydrogen) atoms. The molecule has 6 nitrogen and oxygen atoms in total. The van der Waals surface area contributed by atoms with Gasteiger partial charge in [0.2, 0.25) is 5.91 Å². The van der Waals surface area contributed by atoms with E-state index in [1.54, 1.807) is 24.3 Å². The second-order valence-electron chi connectivity index (χ2n) is 4.00. The van der Waals surface area contributed by atoms with Crippen molar-refractivity contribution in [3.8, 4) is 0 Å². The molecule has 0 saturated carbocycles. The van der Waals surface area contributed by atoms with Gasteiger partial charge in [0.25, 0.3) is 0 Å². The molecule has 0 saturated heterocycles. The molecule has 6 heteroatoms. The Morgan fingerprint density at radius 3 is 2.74 bits per heavy atom. The SMILES string of the molecule is COCC(N)C(=O)Nc1cccc(CC(=O)OC)c1. The Morgan fingerprint density at radius 2 is 2.11 bits per heavy atom. The third kappa shape index (κ3) is 5.07. The molecule has 1 unspecified atom stereocenters. The van der Waals surface area contributed by atoms with Crippen molar-refractivity contribution < 1.29 is 19.1 Å². The molecule has 0 bridgehead atoms. The number of benzene rings is 1. The number of hydrogen-bond donors (Lipinski definition) is 2. The number of nitrogens with one attached hydrogen (secondary N) is 1.